The van der Waals surface area contributed by atoms with Crippen LogP contribution in [0.1, 0.15) is 23.5 Å². The minimum Gasteiger partial charge on any atom is -0.343 e. The van der Waals surface area contributed by atoms with E-state index in [1.54, 1.807) is 6.20 Å². The van der Waals surface area contributed by atoms with Gasteiger partial charge in [0.1, 0.15) is 16.9 Å². The summed E-state index contributed by atoms with van der Waals surface area (Å²) in [5, 5.41) is 32.9. The van der Waals surface area contributed by atoms with Gasteiger partial charge >= 0.3 is 0 Å². The van der Waals surface area contributed by atoms with Crippen LogP contribution in [0.25, 0.3) is 11.0 Å². The van der Waals surface area contributed by atoms with Crippen molar-refractivity contribution in [1.29, 1.82) is 5.26 Å². The summed E-state index contributed by atoms with van der Waals surface area (Å²) >= 11 is 0. The van der Waals surface area contributed by atoms with Gasteiger partial charge in [0.15, 0.2) is 0 Å². The molecule has 2 aliphatic carbocycles. The predicted molar refractivity (Wildman–Crippen MR) is 98.9 cm³/mol. The second kappa shape index (κ2) is 5.00. The molecule has 0 radical (unpaired) electrons. The maximum absolute atomic E-state index is 10.3. The number of rotatable bonds is 2. The number of nitriles is 1. The first kappa shape index (κ1) is 14.8. The molecule has 0 amide bonds. The lowest BCUT2D eigenvalue weighted by Gasteiger charge is -2.36. The van der Waals surface area contributed by atoms with Crippen molar-refractivity contribution < 1.29 is 4.63 Å². The molecule has 2 saturated carbocycles. The summed E-state index contributed by atoms with van der Waals surface area (Å²) in [4.78, 5) is 0. The molecule has 5 aliphatic rings. The number of nitrogens with zero attached hydrogens (tertiary/aromatic N) is 4. The van der Waals surface area contributed by atoms with Gasteiger partial charge in [-0.15, -0.1) is 0 Å². The van der Waals surface area contributed by atoms with E-state index in [-0.39, 0.29) is 5.92 Å². The number of aromatic nitrogens is 4. The van der Waals surface area contributed by atoms with Crippen LogP contribution in [0.5, 0.6) is 0 Å². The summed E-state index contributed by atoms with van der Waals surface area (Å²) in [5.74, 6) is 3.25. The number of hydrogen-bond donors (Lipinski definition) is 3. The van der Waals surface area contributed by atoms with E-state index in [1.165, 1.54) is 6.42 Å². The lowest BCUT2D eigenvalue weighted by Crippen LogP contribution is -2.45. The van der Waals surface area contributed by atoms with E-state index < -0.39 is 0 Å². The van der Waals surface area contributed by atoms with Gasteiger partial charge in [0.05, 0.1) is 23.8 Å². The number of nitrogens with one attached hydrogen (secondary N) is 3. The SMILES string of the molecule is N#CC1=C([C@@H]2C3C4C[C@@H]2NC[C@H]43)Nc2[nH]ncc2C1c1cccc2nonc12. The van der Waals surface area contributed by atoms with E-state index in [9.17, 15) is 5.26 Å². The van der Waals surface area contributed by atoms with Crippen molar-refractivity contribution in [3.8, 4) is 6.07 Å². The fourth-order valence-electron chi connectivity index (χ4n) is 6.12. The van der Waals surface area contributed by atoms with Crippen molar-refractivity contribution in [1.82, 2.24) is 25.8 Å². The highest BCUT2D eigenvalue weighted by atomic mass is 16.6. The zero-order chi connectivity index (χ0) is 18.4. The molecule has 0 spiro atoms. The maximum Gasteiger partial charge on any atom is 0.139 e. The summed E-state index contributed by atoms with van der Waals surface area (Å²) in [6.45, 7) is 1.12. The van der Waals surface area contributed by atoms with Crippen LogP contribution in [0.2, 0.25) is 0 Å². The number of piperidine rings is 2. The molecule has 5 heterocycles. The Bertz CT molecular complexity index is 1190. The standard InChI is InChI=1S/C20H17N7O/c21-5-10-15(8-2-1-3-13-18(8)27-28-26-13)12-7-23-25-20(12)24-19(10)17-14-4-9-11(6-22-14)16(9)17/h1-3,7,9,11,14-17,22H,4,6H2,(H2,23,24,25)/t9?,11-,14+,15?,16?,17+/m1/s1. The Hall–Kier alpha value is -3.18. The van der Waals surface area contributed by atoms with E-state index >= 15 is 0 Å². The molecule has 2 aromatic heterocycles. The molecule has 8 rings (SSSR count). The lowest BCUT2D eigenvalue weighted by molar-refractivity contribution is 0.294. The van der Waals surface area contributed by atoms with E-state index in [4.69, 9.17) is 4.63 Å². The van der Waals surface area contributed by atoms with Crippen LogP contribution in [-0.4, -0.2) is 33.1 Å². The Balaban J connectivity index is 1.46. The largest absolute Gasteiger partial charge is 0.343 e. The highest BCUT2D eigenvalue weighted by Gasteiger charge is 2.65. The summed E-state index contributed by atoms with van der Waals surface area (Å²) < 4.78 is 4.98. The third-order valence-corrected chi connectivity index (χ3v) is 7.29. The fourth-order valence-corrected chi connectivity index (χ4v) is 6.12. The van der Waals surface area contributed by atoms with Crippen LogP contribution in [0.15, 0.2) is 40.3 Å². The molecule has 28 heavy (non-hydrogen) atoms. The van der Waals surface area contributed by atoms with Crippen molar-refractivity contribution >= 4 is 16.9 Å². The van der Waals surface area contributed by atoms with Crippen molar-refractivity contribution in [2.24, 2.45) is 23.7 Å². The second-order valence-electron chi connectivity index (χ2n) is 8.36. The molecule has 3 unspecified atom stereocenters. The van der Waals surface area contributed by atoms with Crippen LogP contribution in [0.3, 0.4) is 0 Å². The van der Waals surface area contributed by atoms with E-state index in [1.807, 2.05) is 18.2 Å². The molecule has 138 valence electrons. The van der Waals surface area contributed by atoms with Crippen LogP contribution in [-0.2, 0) is 0 Å². The summed E-state index contributed by atoms with van der Waals surface area (Å²) in [5.41, 5.74) is 5.09. The molecular weight excluding hydrogens is 354 g/mol. The molecule has 1 aromatic carbocycles. The number of anilines is 1. The Labute approximate surface area is 159 Å². The Morgan fingerprint density at radius 3 is 2.96 bits per heavy atom. The van der Waals surface area contributed by atoms with Crippen LogP contribution < -0.4 is 10.6 Å². The minimum absolute atomic E-state index is 0.234. The minimum atomic E-state index is -0.234. The average Bonchev–Trinajstić information content (AvgIpc) is 3.14. The van der Waals surface area contributed by atoms with Gasteiger partial charge in [0, 0.05) is 23.2 Å². The molecule has 2 saturated heterocycles. The lowest BCUT2D eigenvalue weighted by atomic mass is 9.77. The Morgan fingerprint density at radius 1 is 1.18 bits per heavy atom. The quantitative estimate of drug-likeness (QED) is 0.632. The Kier molecular flexibility index (Phi) is 2.65. The first-order valence-electron chi connectivity index (χ1n) is 9.74. The topological polar surface area (TPSA) is 115 Å². The number of allylic oxidation sites excluding steroid dienone is 1. The number of aromatic amines is 1. The molecule has 3 aromatic rings. The third-order valence-electron chi connectivity index (χ3n) is 7.29. The van der Waals surface area contributed by atoms with Gasteiger partial charge < -0.3 is 10.6 Å². The molecule has 8 nitrogen and oxygen atoms in total. The summed E-state index contributed by atoms with van der Waals surface area (Å²) in [7, 11) is 0. The third kappa shape index (κ3) is 1.71. The molecule has 3 aliphatic heterocycles. The first-order chi connectivity index (χ1) is 13.8. The van der Waals surface area contributed by atoms with E-state index in [2.05, 4.69) is 37.2 Å². The smallest absolute Gasteiger partial charge is 0.139 e. The number of hydrogen-bond acceptors (Lipinski definition) is 7. The van der Waals surface area contributed by atoms with Crippen LogP contribution >= 0.6 is 0 Å². The number of benzene rings is 1. The van der Waals surface area contributed by atoms with Gasteiger partial charge in [-0.25, -0.2) is 4.63 Å². The van der Waals surface area contributed by atoms with Crippen molar-refractivity contribution in [3.05, 3.63) is 46.8 Å². The van der Waals surface area contributed by atoms with E-state index in [0.717, 1.165) is 46.6 Å². The fraction of sp³-hybridized carbons (Fsp3) is 0.400. The summed E-state index contributed by atoms with van der Waals surface area (Å²) in [6.07, 6.45) is 3.01. The van der Waals surface area contributed by atoms with Gasteiger partial charge in [-0.1, -0.05) is 12.1 Å². The van der Waals surface area contributed by atoms with Crippen molar-refractivity contribution in [2.45, 2.75) is 18.4 Å². The van der Waals surface area contributed by atoms with Crippen LogP contribution in [0.4, 0.5) is 5.82 Å². The molecule has 4 fully saturated rings. The monoisotopic (exact) mass is 371 g/mol. The van der Waals surface area contributed by atoms with Gasteiger partial charge in [0.2, 0.25) is 0 Å². The predicted octanol–water partition coefficient (Wildman–Crippen LogP) is 2.13. The maximum atomic E-state index is 10.3. The molecular formula is C20H17N7O. The van der Waals surface area contributed by atoms with Gasteiger partial charge in [-0.3, -0.25) is 5.10 Å². The second-order valence-corrected chi connectivity index (χ2v) is 8.36. The van der Waals surface area contributed by atoms with Gasteiger partial charge in [-0.05, 0) is 52.7 Å². The van der Waals surface area contributed by atoms with Crippen molar-refractivity contribution in [3.63, 3.8) is 0 Å². The highest BCUT2D eigenvalue weighted by Crippen LogP contribution is 2.65. The highest BCUT2D eigenvalue weighted by molar-refractivity contribution is 5.81. The summed E-state index contributed by atoms with van der Waals surface area (Å²) in [6, 6.07) is 8.80. The van der Waals surface area contributed by atoms with Crippen molar-refractivity contribution in [2.75, 3.05) is 11.9 Å². The molecule has 4 bridgehead atoms. The Morgan fingerprint density at radius 2 is 2.14 bits per heavy atom. The molecule has 8 heteroatoms. The normalized spacial score (nSPS) is 34.8. The van der Waals surface area contributed by atoms with E-state index in [0.29, 0.717) is 28.9 Å². The average molecular weight is 371 g/mol. The molecule has 6 atom stereocenters. The number of fused-ring (bicyclic) bond motifs is 3. The number of H-pyrrole nitrogens is 1. The van der Waals surface area contributed by atoms with Gasteiger partial charge in [-0.2, -0.15) is 10.4 Å². The zero-order valence-corrected chi connectivity index (χ0v) is 14.9. The van der Waals surface area contributed by atoms with Gasteiger partial charge in [0.25, 0.3) is 0 Å². The molecule has 3 N–H and O–H groups in total. The zero-order valence-electron chi connectivity index (χ0n) is 14.9. The first-order valence-corrected chi connectivity index (χ1v) is 9.74. The van der Waals surface area contributed by atoms with Crippen LogP contribution in [0, 0.1) is 35.0 Å².